The molecule has 0 bridgehead atoms. The summed E-state index contributed by atoms with van der Waals surface area (Å²) in [5.41, 5.74) is 1.78. The van der Waals surface area contributed by atoms with Gasteiger partial charge in [0.05, 0.1) is 10.5 Å². The van der Waals surface area contributed by atoms with Crippen molar-refractivity contribution in [2.75, 3.05) is 0 Å². The molecule has 0 atom stereocenters. The summed E-state index contributed by atoms with van der Waals surface area (Å²) in [4.78, 5) is 13.2. The summed E-state index contributed by atoms with van der Waals surface area (Å²) in [7, 11) is -4.38. The molecule has 0 aromatic heterocycles. The number of rotatable bonds is 5. The molecule has 32 heavy (non-hydrogen) atoms. The van der Waals surface area contributed by atoms with E-state index in [0.29, 0.717) is 22.4 Å². The average molecular weight is 792 g/mol. The van der Waals surface area contributed by atoms with Crippen molar-refractivity contribution < 1.29 is 22.5 Å². The first-order chi connectivity index (χ1) is 15.1. The maximum absolute atomic E-state index is 13.2. The molecule has 2 aliphatic carbocycles. The number of hydrogen-bond acceptors (Lipinski definition) is 4. The topological polar surface area (TPSA) is 80.7 Å². The fraction of sp³-hybridized carbons (Fsp3) is 0.435. The van der Waals surface area contributed by atoms with Gasteiger partial charge in [0.1, 0.15) is 5.75 Å². The van der Waals surface area contributed by atoms with Gasteiger partial charge >= 0.3 is 5.97 Å². The molecule has 172 valence electrons. The van der Waals surface area contributed by atoms with E-state index in [4.69, 9.17) is 4.74 Å². The van der Waals surface area contributed by atoms with Crippen LogP contribution in [0.25, 0.3) is 0 Å². The van der Waals surface area contributed by atoms with Gasteiger partial charge in [0.25, 0.3) is 10.1 Å². The summed E-state index contributed by atoms with van der Waals surface area (Å²) < 4.78 is 43.3. The zero-order valence-electron chi connectivity index (χ0n) is 17.2. The Morgan fingerprint density at radius 2 is 1.44 bits per heavy atom. The van der Waals surface area contributed by atoms with Gasteiger partial charge < -0.3 is 4.74 Å². The zero-order valence-corrected chi connectivity index (χ0v) is 24.5. The number of benzene rings is 2. The van der Waals surface area contributed by atoms with Crippen LogP contribution < -0.4 is 4.74 Å². The Morgan fingerprint density at radius 3 is 2.00 bits per heavy atom. The minimum absolute atomic E-state index is 0.0236. The third kappa shape index (κ3) is 5.46. The second-order valence-corrected chi connectivity index (χ2v) is 13.4. The van der Waals surface area contributed by atoms with E-state index >= 15 is 0 Å². The van der Waals surface area contributed by atoms with Crippen LogP contribution in [0.2, 0.25) is 0 Å². The molecule has 0 heterocycles. The summed E-state index contributed by atoms with van der Waals surface area (Å²) in [6, 6.07) is 7.11. The fourth-order valence-corrected chi connectivity index (χ4v) is 8.05. The van der Waals surface area contributed by atoms with Gasteiger partial charge in [-0.2, -0.15) is 8.42 Å². The third-order valence-corrected chi connectivity index (χ3v) is 11.0. The standard InChI is InChI=1S/C23H23I3O5S/c24-15-9-18(22(26)19(25)10-15)23(27)31-20-11-17(14-7-3-4-8-14)21(32(28,29)30)12-16(20)13-5-1-2-6-13/h9-14H,1-8H2,(H,28,29,30). The first-order valence-corrected chi connectivity index (χ1v) is 15.3. The largest absolute Gasteiger partial charge is 0.423 e. The lowest BCUT2D eigenvalue weighted by molar-refractivity contribution is 0.0731. The maximum atomic E-state index is 13.2. The maximum Gasteiger partial charge on any atom is 0.344 e. The Labute approximate surface area is 229 Å². The Hall–Kier alpha value is 0.0100. The third-order valence-electron chi connectivity index (χ3n) is 6.43. The lowest BCUT2D eigenvalue weighted by Crippen LogP contribution is -2.15. The number of hydrogen-bond donors (Lipinski definition) is 1. The van der Waals surface area contributed by atoms with E-state index in [9.17, 15) is 17.8 Å². The van der Waals surface area contributed by atoms with Crippen LogP contribution in [0.1, 0.15) is 84.7 Å². The molecule has 5 nitrogen and oxygen atoms in total. The van der Waals surface area contributed by atoms with Crippen molar-refractivity contribution in [3.05, 3.63) is 51.7 Å². The van der Waals surface area contributed by atoms with Crippen molar-refractivity contribution in [1.29, 1.82) is 0 Å². The highest BCUT2D eigenvalue weighted by Crippen LogP contribution is 2.45. The summed E-state index contributed by atoms with van der Waals surface area (Å²) in [5.74, 6) is 0.148. The Morgan fingerprint density at radius 1 is 0.875 bits per heavy atom. The molecular formula is C23H23I3O5S. The van der Waals surface area contributed by atoms with Gasteiger partial charge in [0.2, 0.25) is 0 Å². The van der Waals surface area contributed by atoms with Crippen LogP contribution in [0.5, 0.6) is 5.75 Å². The van der Waals surface area contributed by atoms with Gasteiger partial charge in [-0.05, 0) is 141 Å². The Kier molecular flexibility index (Phi) is 8.10. The van der Waals surface area contributed by atoms with Crippen LogP contribution in [0, 0.1) is 10.7 Å². The molecule has 0 spiro atoms. The van der Waals surface area contributed by atoms with Gasteiger partial charge in [-0.15, -0.1) is 0 Å². The highest BCUT2D eigenvalue weighted by atomic mass is 127. The zero-order chi connectivity index (χ0) is 23.0. The molecule has 0 amide bonds. The van der Waals surface area contributed by atoms with E-state index in [1.807, 2.05) is 12.1 Å². The van der Waals surface area contributed by atoms with E-state index in [2.05, 4.69) is 67.8 Å². The van der Waals surface area contributed by atoms with E-state index in [0.717, 1.165) is 62.1 Å². The normalized spacial score (nSPS) is 17.8. The van der Waals surface area contributed by atoms with Crippen molar-refractivity contribution in [2.24, 2.45) is 0 Å². The molecule has 2 aromatic carbocycles. The van der Waals surface area contributed by atoms with E-state index in [-0.39, 0.29) is 16.7 Å². The van der Waals surface area contributed by atoms with Crippen molar-refractivity contribution in [2.45, 2.75) is 68.1 Å². The number of carbonyl (C=O) groups excluding carboxylic acids is 1. The summed E-state index contributed by atoms with van der Waals surface area (Å²) in [6.07, 6.45) is 7.71. The van der Waals surface area contributed by atoms with E-state index in [1.54, 1.807) is 12.1 Å². The molecule has 9 heteroatoms. The van der Waals surface area contributed by atoms with Crippen molar-refractivity contribution in [1.82, 2.24) is 0 Å². The van der Waals surface area contributed by atoms with Gasteiger partial charge in [-0.3, -0.25) is 4.55 Å². The Bertz CT molecular complexity index is 1150. The SMILES string of the molecule is O=C(Oc1cc(C2CCCC2)c(S(=O)(=O)O)cc1C1CCCC1)c1cc(I)cc(I)c1I. The summed E-state index contributed by atoms with van der Waals surface area (Å²) >= 11 is 6.55. The monoisotopic (exact) mass is 792 g/mol. The predicted octanol–water partition coefficient (Wildman–Crippen LogP) is 7.28. The van der Waals surface area contributed by atoms with E-state index in [1.165, 1.54) is 0 Å². The minimum atomic E-state index is -4.38. The second kappa shape index (κ2) is 10.3. The fourth-order valence-electron chi connectivity index (χ4n) is 4.87. The number of esters is 1. The molecule has 0 saturated heterocycles. The molecule has 0 radical (unpaired) electrons. The lowest BCUT2D eigenvalue weighted by Gasteiger charge is -2.21. The molecular weight excluding hydrogens is 769 g/mol. The smallest absolute Gasteiger partial charge is 0.344 e. The lowest BCUT2D eigenvalue weighted by atomic mass is 9.91. The molecule has 0 unspecified atom stereocenters. The van der Waals surface area contributed by atoms with Crippen LogP contribution >= 0.6 is 67.8 Å². The number of halogens is 3. The van der Waals surface area contributed by atoms with Crippen LogP contribution in [-0.4, -0.2) is 18.9 Å². The van der Waals surface area contributed by atoms with Gasteiger partial charge in [0, 0.05) is 10.7 Å². The predicted molar refractivity (Wildman–Crippen MR) is 148 cm³/mol. The van der Waals surface area contributed by atoms with Crippen LogP contribution in [-0.2, 0) is 10.1 Å². The van der Waals surface area contributed by atoms with Gasteiger partial charge in [0.15, 0.2) is 0 Å². The molecule has 4 rings (SSSR count). The average Bonchev–Trinajstić information content (AvgIpc) is 3.43. The van der Waals surface area contributed by atoms with Crippen LogP contribution in [0.4, 0.5) is 0 Å². The highest BCUT2D eigenvalue weighted by Gasteiger charge is 2.31. The van der Waals surface area contributed by atoms with Gasteiger partial charge in [-0.25, -0.2) is 4.79 Å². The molecule has 0 aliphatic heterocycles. The highest BCUT2D eigenvalue weighted by molar-refractivity contribution is 14.1. The van der Waals surface area contributed by atoms with Gasteiger partial charge in [-0.1, -0.05) is 25.7 Å². The van der Waals surface area contributed by atoms with Crippen molar-refractivity contribution in [3.8, 4) is 5.75 Å². The van der Waals surface area contributed by atoms with Crippen molar-refractivity contribution in [3.63, 3.8) is 0 Å². The van der Waals surface area contributed by atoms with E-state index < -0.39 is 16.1 Å². The molecule has 2 aliphatic rings. The van der Waals surface area contributed by atoms with Crippen LogP contribution in [0.3, 0.4) is 0 Å². The summed E-state index contributed by atoms with van der Waals surface area (Å²) in [6.45, 7) is 0. The quantitative estimate of drug-likeness (QED) is 0.113. The molecule has 2 aromatic rings. The Balaban J connectivity index is 1.82. The van der Waals surface area contributed by atoms with Crippen LogP contribution in [0.15, 0.2) is 29.2 Å². The molecule has 2 saturated carbocycles. The second-order valence-electron chi connectivity index (χ2n) is 8.50. The number of ether oxygens (including phenoxy) is 1. The minimum Gasteiger partial charge on any atom is -0.423 e. The summed E-state index contributed by atoms with van der Waals surface area (Å²) in [5, 5.41) is 0. The number of carbonyl (C=O) groups is 1. The van der Waals surface area contributed by atoms with Crippen molar-refractivity contribution >= 4 is 83.9 Å². The first-order valence-electron chi connectivity index (χ1n) is 10.7. The molecule has 2 fully saturated rings. The first kappa shape index (κ1) is 25.1. The molecule has 1 N–H and O–H groups in total.